The van der Waals surface area contributed by atoms with Gasteiger partial charge in [-0.2, -0.15) is 10.2 Å². The van der Waals surface area contributed by atoms with Crippen LogP contribution in [0.15, 0.2) is 0 Å². The second kappa shape index (κ2) is 10.9. The van der Waals surface area contributed by atoms with Crippen molar-refractivity contribution in [2.24, 2.45) is 0 Å². The van der Waals surface area contributed by atoms with E-state index in [9.17, 15) is 0 Å². The molecule has 7 heteroatoms. The van der Waals surface area contributed by atoms with E-state index in [4.69, 9.17) is 6.42 Å². The predicted molar refractivity (Wildman–Crippen MR) is 131 cm³/mol. The number of rotatable bonds is 0. The van der Waals surface area contributed by atoms with Crippen LogP contribution in [0.2, 0.25) is 39.3 Å². The van der Waals surface area contributed by atoms with Crippen LogP contribution >= 0.6 is 22.6 Å². The van der Waals surface area contributed by atoms with E-state index in [1.807, 2.05) is 27.7 Å². The predicted octanol–water partition coefficient (Wildman–Crippen LogP) is 5.38. The highest BCUT2D eigenvalue weighted by Gasteiger charge is 2.09. The zero-order valence-electron chi connectivity index (χ0n) is 18.3. The number of nitrogens with zero attached hydrogens (tertiary/aromatic N) is 2. The maximum Gasteiger partial charge on any atom is 0.129 e. The zero-order chi connectivity index (χ0) is 21.4. The third-order valence-electron chi connectivity index (χ3n) is 3.16. The summed E-state index contributed by atoms with van der Waals surface area (Å²) in [4.78, 5) is 0. The molecule has 2 rings (SSSR count). The monoisotopic (exact) mass is 512 g/mol. The molecule has 0 aliphatic rings. The topological polar surface area (TPSA) is 57.4 Å². The Morgan fingerprint density at radius 2 is 1.26 bits per heavy atom. The highest BCUT2D eigenvalue weighted by molar-refractivity contribution is 14.1. The molecule has 0 radical (unpaired) electrons. The number of nitrogens with one attached hydrogen (secondary N) is 2. The molecule has 0 atom stereocenters. The third-order valence-corrected chi connectivity index (χ3v) is 6.49. The Hall–Kier alpha value is -1.30. The van der Waals surface area contributed by atoms with Crippen molar-refractivity contribution in [3.8, 4) is 23.4 Å². The molecule has 0 saturated heterocycles. The molecule has 148 valence electrons. The Morgan fingerprint density at radius 1 is 0.815 bits per heavy atom. The second-order valence-corrected chi connectivity index (χ2v) is 19.1. The molecule has 0 amide bonds. The quantitative estimate of drug-likeness (QED) is 0.283. The second-order valence-electron chi connectivity index (χ2n) is 8.45. The summed E-state index contributed by atoms with van der Waals surface area (Å²) in [6, 6.07) is 0. The lowest BCUT2D eigenvalue weighted by Gasteiger charge is -2.03. The summed E-state index contributed by atoms with van der Waals surface area (Å²) in [5.74, 6) is 3.22. The number of aryl methyl sites for hydroxylation is 4. The number of hydrogen-bond donors (Lipinski definition) is 2. The van der Waals surface area contributed by atoms with Crippen molar-refractivity contribution in [2.75, 3.05) is 0 Å². The Bertz CT molecular complexity index is 796. The average molecular weight is 513 g/mol. The number of halogens is 1. The largest absolute Gasteiger partial charge is 0.281 e. The van der Waals surface area contributed by atoms with Gasteiger partial charge in [0, 0.05) is 11.4 Å². The SMILES string of the molecule is C#C[Si](C)(C)C.Cc1n[nH]c(C)c1C#C[Si](C)(C)C.Cc1n[nH]c(C)c1I. The molecule has 0 bridgehead atoms. The minimum absolute atomic E-state index is 1.00. The lowest BCUT2D eigenvalue weighted by Crippen LogP contribution is -2.16. The highest BCUT2D eigenvalue weighted by atomic mass is 127. The lowest BCUT2D eigenvalue weighted by molar-refractivity contribution is 1.02. The van der Waals surface area contributed by atoms with Crippen molar-refractivity contribution in [1.82, 2.24) is 20.4 Å². The van der Waals surface area contributed by atoms with Crippen LogP contribution in [0, 0.1) is 54.7 Å². The molecule has 2 heterocycles. The van der Waals surface area contributed by atoms with Crippen LogP contribution in [0.5, 0.6) is 0 Å². The highest BCUT2D eigenvalue weighted by Crippen LogP contribution is 2.10. The van der Waals surface area contributed by atoms with E-state index >= 15 is 0 Å². The minimum atomic E-state index is -1.26. The third kappa shape index (κ3) is 11.2. The van der Waals surface area contributed by atoms with Crippen molar-refractivity contribution < 1.29 is 0 Å². The number of H-pyrrole nitrogens is 2. The maximum absolute atomic E-state index is 5.12. The summed E-state index contributed by atoms with van der Waals surface area (Å²) in [6.45, 7) is 21.2. The van der Waals surface area contributed by atoms with Crippen LogP contribution in [0.1, 0.15) is 28.3 Å². The molecule has 2 N–H and O–H groups in total. The molecule has 0 spiro atoms. The Labute approximate surface area is 180 Å². The van der Waals surface area contributed by atoms with Gasteiger partial charge in [0.2, 0.25) is 0 Å². The number of aromatic nitrogens is 4. The first-order valence-corrected chi connectivity index (χ1v) is 17.0. The maximum atomic E-state index is 5.12. The van der Waals surface area contributed by atoms with Crippen molar-refractivity contribution in [2.45, 2.75) is 67.0 Å². The van der Waals surface area contributed by atoms with Gasteiger partial charge in [-0.15, -0.1) is 17.5 Å². The van der Waals surface area contributed by atoms with Crippen molar-refractivity contribution in [3.63, 3.8) is 0 Å². The van der Waals surface area contributed by atoms with Crippen LogP contribution in [-0.2, 0) is 0 Å². The standard InChI is InChI=1S/C10H16N2Si.C5H7IN2.C5H10Si/c1-8-10(9(2)12-11-8)6-7-13(3,4)5;1-3-5(6)4(2)8-7-3;1-5-6(2,3)4/h1-5H3,(H,11,12);1-2H3,(H,7,8);1H,2-4H3. The fraction of sp³-hybridized carbons (Fsp3) is 0.500. The van der Waals surface area contributed by atoms with Gasteiger partial charge >= 0.3 is 0 Å². The Kier molecular flexibility index (Phi) is 10.4. The molecule has 0 aliphatic carbocycles. The van der Waals surface area contributed by atoms with E-state index < -0.39 is 16.1 Å². The molecular formula is C20H33IN4Si2. The molecule has 0 saturated carbocycles. The molecule has 0 aliphatic heterocycles. The normalized spacial score (nSPS) is 10.4. The summed E-state index contributed by atoms with van der Waals surface area (Å²) in [5, 5.41) is 13.9. The van der Waals surface area contributed by atoms with Gasteiger partial charge in [0.1, 0.15) is 16.1 Å². The van der Waals surface area contributed by atoms with E-state index in [0.717, 1.165) is 28.3 Å². The summed E-state index contributed by atoms with van der Waals surface area (Å²) < 4.78 is 1.24. The molecule has 0 aromatic carbocycles. The first-order valence-electron chi connectivity index (χ1n) is 8.87. The van der Waals surface area contributed by atoms with Crippen molar-refractivity contribution in [3.05, 3.63) is 31.9 Å². The van der Waals surface area contributed by atoms with Crippen molar-refractivity contribution in [1.29, 1.82) is 0 Å². The van der Waals surface area contributed by atoms with Crippen LogP contribution in [0.4, 0.5) is 0 Å². The Morgan fingerprint density at radius 3 is 1.48 bits per heavy atom. The lowest BCUT2D eigenvalue weighted by atomic mass is 10.2. The van der Waals surface area contributed by atoms with Gasteiger partial charge in [-0.05, 0) is 50.3 Å². The van der Waals surface area contributed by atoms with Gasteiger partial charge in [-0.25, -0.2) is 0 Å². The molecule has 4 nitrogen and oxygen atoms in total. The van der Waals surface area contributed by atoms with Gasteiger partial charge < -0.3 is 0 Å². The molecule has 0 unspecified atom stereocenters. The average Bonchev–Trinajstić information content (AvgIpc) is 3.01. The van der Waals surface area contributed by atoms with Crippen LogP contribution in [0.3, 0.4) is 0 Å². The molecule has 2 aromatic rings. The molecular weight excluding hydrogens is 479 g/mol. The first kappa shape index (κ1) is 25.7. The van der Waals surface area contributed by atoms with Gasteiger partial charge in [-0.3, -0.25) is 10.2 Å². The molecule has 0 fully saturated rings. The summed E-state index contributed by atoms with van der Waals surface area (Å²) in [6.07, 6.45) is 5.12. The summed E-state index contributed by atoms with van der Waals surface area (Å²) in [7, 11) is -2.37. The van der Waals surface area contributed by atoms with Crippen molar-refractivity contribution >= 4 is 38.7 Å². The zero-order valence-corrected chi connectivity index (χ0v) is 22.5. The van der Waals surface area contributed by atoms with Gasteiger partial charge in [0.15, 0.2) is 0 Å². The molecule has 27 heavy (non-hydrogen) atoms. The summed E-state index contributed by atoms with van der Waals surface area (Å²) in [5.41, 5.74) is 11.5. The number of hydrogen-bond acceptors (Lipinski definition) is 2. The van der Waals surface area contributed by atoms with Gasteiger partial charge in [0.25, 0.3) is 0 Å². The van der Waals surface area contributed by atoms with Crippen LogP contribution in [0.25, 0.3) is 0 Å². The van der Waals surface area contributed by atoms with Gasteiger partial charge in [-0.1, -0.05) is 45.2 Å². The fourth-order valence-corrected chi connectivity index (χ4v) is 2.26. The smallest absolute Gasteiger partial charge is 0.129 e. The van der Waals surface area contributed by atoms with E-state index in [1.165, 1.54) is 3.57 Å². The van der Waals surface area contributed by atoms with E-state index in [-0.39, 0.29) is 0 Å². The van der Waals surface area contributed by atoms with E-state index in [0.29, 0.717) is 0 Å². The summed E-state index contributed by atoms with van der Waals surface area (Å²) >= 11 is 2.27. The fourth-order valence-electron chi connectivity index (χ4n) is 1.52. The van der Waals surface area contributed by atoms with E-state index in [2.05, 4.69) is 99.3 Å². The van der Waals surface area contributed by atoms with Crippen LogP contribution < -0.4 is 0 Å². The number of aromatic amines is 2. The minimum Gasteiger partial charge on any atom is -0.281 e. The number of terminal acetylenes is 1. The van der Waals surface area contributed by atoms with E-state index in [1.54, 1.807) is 0 Å². The Balaban J connectivity index is 0.000000413. The first-order chi connectivity index (χ1) is 12.2. The van der Waals surface area contributed by atoms with Crippen LogP contribution in [-0.4, -0.2) is 36.5 Å². The van der Waals surface area contributed by atoms with Gasteiger partial charge in [0.05, 0.1) is 20.5 Å². The molecule has 2 aromatic heterocycles.